The predicted molar refractivity (Wildman–Crippen MR) is 114 cm³/mol. The minimum Gasteiger partial charge on any atom is -0.356 e. The van der Waals surface area contributed by atoms with E-state index in [0.29, 0.717) is 17.9 Å². The summed E-state index contributed by atoms with van der Waals surface area (Å²) in [5.74, 6) is -0.0940. The molecule has 0 unspecified atom stereocenters. The van der Waals surface area contributed by atoms with E-state index in [0.717, 1.165) is 15.0 Å². The summed E-state index contributed by atoms with van der Waals surface area (Å²) in [6, 6.07) is 17.0. The van der Waals surface area contributed by atoms with Crippen LogP contribution in [0.25, 0.3) is 0 Å². The van der Waals surface area contributed by atoms with Gasteiger partial charge in [-0.3, -0.25) is 9.59 Å². The van der Waals surface area contributed by atoms with E-state index >= 15 is 0 Å². The summed E-state index contributed by atoms with van der Waals surface area (Å²) >= 11 is 2.74. The molecule has 3 rings (SSSR count). The first-order valence-electron chi connectivity index (χ1n) is 8.50. The van der Waals surface area contributed by atoms with Gasteiger partial charge in [-0.15, -0.1) is 10.2 Å². The first kappa shape index (κ1) is 19.8. The molecule has 0 saturated carbocycles. The number of thioether (sulfide) groups is 1. The number of carbonyl (C=O) groups is 2. The first-order valence-corrected chi connectivity index (χ1v) is 10.3. The van der Waals surface area contributed by atoms with Gasteiger partial charge in [0.05, 0.1) is 5.75 Å². The fraction of sp³-hybridized carbons (Fsp3) is 0.158. The van der Waals surface area contributed by atoms with E-state index in [1.165, 1.54) is 30.0 Å². The van der Waals surface area contributed by atoms with Gasteiger partial charge >= 0.3 is 0 Å². The van der Waals surface area contributed by atoms with Gasteiger partial charge in [-0.1, -0.05) is 59.5 Å². The lowest BCUT2D eigenvalue weighted by atomic mass is 10.2. The summed E-state index contributed by atoms with van der Waals surface area (Å²) < 4.78 is 0.720. The molecule has 2 amide bonds. The molecular formula is C19H19N5O2S2. The van der Waals surface area contributed by atoms with Crippen LogP contribution in [0.4, 0.5) is 16.5 Å². The highest BCUT2D eigenvalue weighted by Crippen LogP contribution is 2.26. The maximum absolute atomic E-state index is 12.2. The van der Waals surface area contributed by atoms with Gasteiger partial charge in [0.2, 0.25) is 16.9 Å². The van der Waals surface area contributed by atoms with Gasteiger partial charge in [0, 0.05) is 24.8 Å². The topological polar surface area (TPSA) is 96.0 Å². The number of rotatable bonds is 8. The molecule has 0 fully saturated rings. The summed E-state index contributed by atoms with van der Waals surface area (Å²) in [4.78, 5) is 23.3. The molecule has 0 saturated heterocycles. The minimum atomic E-state index is -0.160. The largest absolute Gasteiger partial charge is 0.356 e. The number of nitrogens with zero attached hydrogens (tertiary/aromatic N) is 2. The Hall–Kier alpha value is -2.91. The van der Waals surface area contributed by atoms with Crippen molar-refractivity contribution in [3.63, 3.8) is 0 Å². The number of hydrogen-bond donors (Lipinski definition) is 3. The Morgan fingerprint density at radius 1 is 1.00 bits per heavy atom. The number of anilines is 3. The SMILES string of the molecule is CC(=O)Nc1cccc(NC(=O)CSc2nnc(NCc3ccccc3)s2)c1. The zero-order valence-electron chi connectivity index (χ0n) is 15.1. The number of amides is 2. The Morgan fingerprint density at radius 2 is 1.75 bits per heavy atom. The van der Waals surface area contributed by atoms with E-state index in [9.17, 15) is 9.59 Å². The highest BCUT2D eigenvalue weighted by molar-refractivity contribution is 8.01. The van der Waals surface area contributed by atoms with Crippen LogP contribution >= 0.6 is 23.1 Å². The van der Waals surface area contributed by atoms with E-state index in [4.69, 9.17) is 0 Å². The van der Waals surface area contributed by atoms with Crippen molar-refractivity contribution in [2.45, 2.75) is 17.8 Å². The molecule has 1 aromatic heterocycles. The van der Waals surface area contributed by atoms with E-state index in [2.05, 4.69) is 26.1 Å². The molecule has 3 aromatic rings. The van der Waals surface area contributed by atoms with E-state index < -0.39 is 0 Å². The first-order chi connectivity index (χ1) is 13.6. The highest BCUT2D eigenvalue weighted by atomic mass is 32.2. The highest BCUT2D eigenvalue weighted by Gasteiger charge is 2.09. The molecule has 0 radical (unpaired) electrons. The Morgan fingerprint density at radius 3 is 2.50 bits per heavy atom. The van der Waals surface area contributed by atoms with Gasteiger partial charge in [-0.2, -0.15) is 0 Å². The van der Waals surface area contributed by atoms with Crippen molar-refractivity contribution in [2.24, 2.45) is 0 Å². The Balaban J connectivity index is 1.46. The number of nitrogens with one attached hydrogen (secondary N) is 3. The zero-order chi connectivity index (χ0) is 19.8. The lowest BCUT2D eigenvalue weighted by Crippen LogP contribution is -2.14. The number of hydrogen-bond acceptors (Lipinski definition) is 7. The van der Waals surface area contributed by atoms with Crippen LogP contribution in [0.2, 0.25) is 0 Å². The second-order valence-electron chi connectivity index (χ2n) is 5.81. The second kappa shape index (κ2) is 9.86. The quantitative estimate of drug-likeness (QED) is 0.486. The fourth-order valence-electron chi connectivity index (χ4n) is 2.32. The monoisotopic (exact) mass is 413 g/mol. The second-order valence-corrected chi connectivity index (χ2v) is 8.01. The number of aromatic nitrogens is 2. The van der Waals surface area contributed by atoms with Crippen LogP contribution in [0.5, 0.6) is 0 Å². The Bertz CT molecular complexity index is 946. The molecule has 0 atom stereocenters. The summed E-state index contributed by atoms with van der Waals surface area (Å²) in [6.07, 6.45) is 0. The van der Waals surface area contributed by atoms with E-state index in [1.807, 2.05) is 30.3 Å². The molecule has 28 heavy (non-hydrogen) atoms. The standard InChI is InChI=1S/C19H19N5O2S2/c1-13(25)21-15-8-5-9-16(10-15)22-17(26)12-27-19-24-23-18(28-19)20-11-14-6-3-2-4-7-14/h2-10H,11-12H2,1H3,(H,20,23)(H,21,25)(H,22,26). The van der Waals surface area contributed by atoms with Crippen LogP contribution in [0, 0.1) is 0 Å². The molecule has 144 valence electrons. The number of carbonyl (C=O) groups excluding carboxylic acids is 2. The van der Waals surface area contributed by atoms with Gasteiger partial charge in [0.1, 0.15) is 0 Å². The Labute approximate surface area is 171 Å². The fourth-order valence-corrected chi connectivity index (χ4v) is 3.86. The predicted octanol–water partition coefficient (Wildman–Crippen LogP) is 3.84. The molecule has 3 N–H and O–H groups in total. The van der Waals surface area contributed by atoms with Crippen LogP contribution < -0.4 is 16.0 Å². The smallest absolute Gasteiger partial charge is 0.234 e. The van der Waals surface area contributed by atoms with Crippen molar-refractivity contribution in [1.29, 1.82) is 0 Å². The normalized spacial score (nSPS) is 10.3. The van der Waals surface area contributed by atoms with Crippen molar-refractivity contribution < 1.29 is 9.59 Å². The molecule has 2 aromatic carbocycles. The van der Waals surface area contributed by atoms with Gasteiger partial charge in [-0.05, 0) is 23.8 Å². The lowest BCUT2D eigenvalue weighted by Gasteiger charge is -2.07. The van der Waals surface area contributed by atoms with Crippen molar-refractivity contribution >= 4 is 51.4 Å². The lowest BCUT2D eigenvalue weighted by molar-refractivity contribution is -0.114. The van der Waals surface area contributed by atoms with Crippen LogP contribution in [-0.4, -0.2) is 27.8 Å². The average Bonchev–Trinajstić information content (AvgIpc) is 3.13. The van der Waals surface area contributed by atoms with Crippen molar-refractivity contribution in [3.05, 3.63) is 60.2 Å². The van der Waals surface area contributed by atoms with Crippen LogP contribution in [-0.2, 0) is 16.1 Å². The maximum Gasteiger partial charge on any atom is 0.234 e. The van der Waals surface area contributed by atoms with Crippen LogP contribution in [0.15, 0.2) is 58.9 Å². The number of benzene rings is 2. The van der Waals surface area contributed by atoms with Gasteiger partial charge in [0.15, 0.2) is 4.34 Å². The van der Waals surface area contributed by atoms with Crippen LogP contribution in [0.1, 0.15) is 12.5 Å². The molecule has 0 aliphatic carbocycles. The Kier molecular flexibility index (Phi) is 6.99. The molecule has 7 nitrogen and oxygen atoms in total. The van der Waals surface area contributed by atoms with Gasteiger partial charge in [0.25, 0.3) is 0 Å². The summed E-state index contributed by atoms with van der Waals surface area (Å²) in [7, 11) is 0. The third-order valence-electron chi connectivity index (χ3n) is 3.49. The summed E-state index contributed by atoms with van der Waals surface area (Å²) in [6.45, 7) is 2.11. The van der Waals surface area contributed by atoms with E-state index in [1.54, 1.807) is 24.3 Å². The van der Waals surface area contributed by atoms with E-state index in [-0.39, 0.29) is 17.6 Å². The minimum absolute atomic E-state index is 0.154. The van der Waals surface area contributed by atoms with Gasteiger partial charge in [-0.25, -0.2) is 0 Å². The average molecular weight is 414 g/mol. The van der Waals surface area contributed by atoms with Crippen molar-refractivity contribution in [3.8, 4) is 0 Å². The zero-order valence-corrected chi connectivity index (χ0v) is 16.8. The van der Waals surface area contributed by atoms with Crippen molar-refractivity contribution in [1.82, 2.24) is 10.2 Å². The van der Waals surface area contributed by atoms with Gasteiger partial charge < -0.3 is 16.0 Å². The molecule has 0 aliphatic heterocycles. The molecule has 9 heteroatoms. The van der Waals surface area contributed by atoms with Crippen molar-refractivity contribution in [2.75, 3.05) is 21.7 Å². The summed E-state index contributed by atoms with van der Waals surface area (Å²) in [5.41, 5.74) is 2.42. The molecule has 1 heterocycles. The molecule has 0 aliphatic rings. The third-order valence-corrected chi connectivity index (χ3v) is 5.50. The molecular weight excluding hydrogens is 394 g/mol. The van der Waals surface area contributed by atoms with Crippen LogP contribution in [0.3, 0.4) is 0 Å². The maximum atomic E-state index is 12.2. The summed E-state index contributed by atoms with van der Waals surface area (Å²) in [5, 5.41) is 17.6. The molecule has 0 bridgehead atoms. The third kappa shape index (κ3) is 6.36. The molecule has 0 spiro atoms.